The smallest absolute Gasteiger partial charge is 0.330 e. The highest BCUT2D eigenvalue weighted by Crippen LogP contribution is 2.39. The summed E-state index contributed by atoms with van der Waals surface area (Å²) in [6, 6.07) is 0. The van der Waals surface area contributed by atoms with E-state index in [1.807, 2.05) is 4.98 Å². The number of H-pyrrole nitrogens is 1. The van der Waals surface area contributed by atoms with Crippen molar-refractivity contribution in [1.82, 2.24) is 9.55 Å². The SMILES string of the molecule is Cc1cn([C@H]2O[C@@H](C(C)O)[C@H](O)[C@]2(O)F)c(=O)[nH]c1=O. The van der Waals surface area contributed by atoms with Crippen molar-refractivity contribution in [2.75, 3.05) is 0 Å². The van der Waals surface area contributed by atoms with E-state index in [1.165, 1.54) is 13.8 Å². The quantitative estimate of drug-likeness (QED) is 0.506. The Balaban J connectivity index is 2.51. The fourth-order valence-electron chi connectivity index (χ4n) is 2.09. The van der Waals surface area contributed by atoms with Crippen LogP contribution < -0.4 is 11.2 Å². The number of alkyl halides is 1. The Labute approximate surface area is 112 Å². The number of nitrogens with zero attached hydrogens (tertiary/aromatic N) is 1. The minimum Gasteiger partial charge on any atom is -0.391 e. The van der Waals surface area contributed by atoms with Gasteiger partial charge in [-0.15, -0.1) is 0 Å². The second-order valence-electron chi connectivity index (χ2n) is 4.84. The molecule has 0 bridgehead atoms. The number of aromatic amines is 1. The van der Waals surface area contributed by atoms with Crippen LogP contribution in [-0.4, -0.2) is 49.0 Å². The van der Waals surface area contributed by atoms with Crippen LogP contribution in [-0.2, 0) is 4.74 Å². The zero-order valence-electron chi connectivity index (χ0n) is 10.8. The summed E-state index contributed by atoms with van der Waals surface area (Å²) in [7, 11) is 0. The van der Waals surface area contributed by atoms with E-state index in [4.69, 9.17) is 4.74 Å². The fraction of sp³-hybridized carbons (Fsp3) is 0.636. The molecule has 1 aromatic heterocycles. The molecule has 1 aliphatic rings. The predicted octanol–water partition coefficient (Wildman–Crippen LogP) is -1.86. The molecule has 0 aromatic carbocycles. The zero-order chi connectivity index (χ0) is 15.2. The summed E-state index contributed by atoms with van der Waals surface area (Å²) in [5.74, 6) is -3.28. The van der Waals surface area contributed by atoms with Crippen molar-refractivity contribution in [3.8, 4) is 0 Å². The van der Waals surface area contributed by atoms with E-state index in [2.05, 4.69) is 0 Å². The standard InChI is InChI=1S/C11H15FN2O6/c1-4-3-14(10(18)13-8(4)17)9-11(12,19)7(16)6(20-9)5(2)15/h3,5-7,9,15-16,19H,1-2H3,(H,13,17,18)/t5?,6-,7-,9-,11+/m0/s1. The van der Waals surface area contributed by atoms with Gasteiger partial charge < -0.3 is 20.1 Å². The summed E-state index contributed by atoms with van der Waals surface area (Å²) in [6.45, 7) is 2.62. The van der Waals surface area contributed by atoms with Gasteiger partial charge in [0.15, 0.2) is 6.23 Å². The molecule has 1 aromatic rings. The van der Waals surface area contributed by atoms with Crippen molar-refractivity contribution in [2.24, 2.45) is 0 Å². The number of hydrogen-bond acceptors (Lipinski definition) is 6. The minimum atomic E-state index is -3.28. The summed E-state index contributed by atoms with van der Waals surface area (Å²) in [5.41, 5.74) is -1.56. The number of aliphatic hydroxyl groups excluding tert-OH is 2. The molecule has 112 valence electrons. The van der Waals surface area contributed by atoms with Crippen molar-refractivity contribution < 1.29 is 24.4 Å². The lowest BCUT2D eigenvalue weighted by atomic mass is 10.0. The van der Waals surface area contributed by atoms with Crippen LogP contribution >= 0.6 is 0 Å². The molecule has 4 N–H and O–H groups in total. The highest BCUT2D eigenvalue weighted by molar-refractivity contribution is 5.05. The van der Waals surface area contributed by atoms with Crippen LogP contribution in [0.25, 0.3) is 0 Å². The van der Waals surface area contributed by atoms with Gasteiger partial charge in [0.05, 0.1) is 6.10 Å². The van der Waals surface area contributed by atoms with E-state index in [0.29, 0.717) is 4.57 Å². The molecule has 0 amide bonds. The molecule has 2 heterocycles. The third-order valence-corrected chi connectivity index (χ3v) is 3.23. The summed E-state index contributed by atoms with van der Waals surface area (Å²) in [4.78, 5) is 24.8. The van der Waals surface area contributed by atoms with Gasteiger partial charge in [-0.3, -0.25) is 14.3 Å². The maximum absolute atomic E-state index is 14.2. The molecule has 20 heavy (non-hydrogen) atoms. The van der Waals surface area contributed by atoms with Gasteiger partial charge in [-0.2, -0.15) is 0 Å². The van der Waals surface area contributed by atoms with Crippen molar-refractivity contribution in [3.63, 3.8) is 0 Å². The van der Waals surface area contributed by atoms with Crippen LogP contribution in [0.4, 0.5) is 4.39 Å². The van der Waals surface area contributed by atoms with Crippen LogP contribution in [0.2, 0.25) is 0 Å². The molecule has 8 nitrogen and oxygen atoms in total. The number of aromatic nitrogens is 2. The number of halogens is 1. The number of ether oxygens (including phenoxy) is 1. The maximum Gasteiger partial charge on any atom is 0.330 e. The molecule has 0 spiro atoms. The number of rotatable bonds is 2. The van der Waals surface area contributed by atoms with Crippen LogP contribution in [0.5, 0.6) is 0 Å². The summed E-state index contributed by atoms with van der Waals surface area (Å²) >= 11 is 0. The van der Waals surface area contributed by atoms with Gasteiger partial charge in [0, 0.05) is 11.8 Å². The van der Waals surface area contributed by atoms with Gasteiger partial charge in [-0.1, -0.05) is 0 Å². The van der Waals surface area contributed by atoms with Crippen LogP contribution in [0, 0.1) is 6.92 Å². The first-order valence-electron chi connectivity index (χ1n) is 5.91. The normalized spacial score (nSPS) is 35.2. The van der Waals surface area contributed by atoms with E-state index >= 15 is 0 Å². The highest BCUT2D eigenvalue weighted by Gasteiger charge is 2.59. The minimum absolute atomic E-state index is 0.0963. The van der Waals surface area contributed by atoms with E-state index < -0.39 is 41.6 Å². The third-order valence-electron chi connectivity index (χ3n) is 3.23. The molecule has 1 unspecified atom stereocenters. The summed E-state index contributed by atoms with van der Waals surface area (Å²) < 4.78 is 19.9. The van der Waals surface area contributed by atoms with Crippen molar-refractivity contribution in [3.05, 3.63) is 32.6 Å². The monoisotopic (exact) mass is 290 g/mol. The Morgan fingerprint density at radius 1 is 1.55 bits per heavy atom. The van der Waals surface area contributed by atoms with Crippen molar-refractivity contribution in [1.29, 1.82) is 0 Å². The highest BCUT2D eigenvalue weighted by atomic mass is 19.2. The molecule has 0 aliphatic carbocycles. The Bertz CT molecular complexity index is 622. The predicted molar refractivity (Wildman–Crippen MR) is 63.7 cm³/mol. The van der Waals surface area contributed by atoms with E-state index in [0.717, 1.165) is 6.20 Å². The van der Waals surface area contributed by atoms with Crippen LogP contribution in [0.3, 0.4) is 0 Å². The van der Waals surface area contributed by atoms with Gasteiger partial charge in [0.2, 0.25) is 0 Å². The number of aryl methyl sites for hydroxylation is 1. The van der Waals surface area contributed by atoms with E-state index in [1.54, 1.807) is 0 Å². The summed E-state index contributed by atoms with van der Waals surface area (Å²) in [6.07, 6.45) is -5.58. The molecule has 1 fully saturated rings. The third kappa shape index (κ3) is 2.18. The Morgan fingerprint density at radius 3 is 2.65 bits per heavy atom. The molecular weight excluding hydrogens is 275 g/mol. The average Bonchev–Trinajstić information content (AvgIpc) is 2.56. The molecule has 0 radical (unpaired) electrons. The first-order chi connectivity index (χ1) is 9.16. The van der Waals surface area contributed by atoms with Crippen molar-refractivity contribution in [2.45, 2.75) is 44.2 Å². The topological polar surface area (TPSA) is 125 Å². The molecule has 1 aliphatic heterocycles. The molecule has 5 atom stereocenters. The van der Waals surface area contributed by atoms with E-state index in [9.17, 15) is 29.3 Å². The lowest BCUT2D eigenvalue weighted by Crippen LogP contribution is -2.46. The van der Waals surface area contributed by atoms with Gasteiger partial charge in [-0.05, 0) is 13.8 Å². The number of hydrogen-bond donors (Lipinski definition) is 4. The lowest BCUT2D eigenvalue weighted by Gasteiger charge is -2.23. The first kappa shape index (κ1) is 14.9. The molecule has 0 saturated carbocycles. The summed E-state index contributed by atoms with van der Waals surface area (Å²) in [5, 5.41) is 28.7. The number of aliphatic hydroxyl groups is 3. The van der Waals surface area contributed by atoms with Crippen LogP contribution in [0.15, 0.2) is 15.8 Å². The largest absolute Gasteiger partial charge is 0.391 e. The molecule has 1 saturated heterocycles. The van der Waals surface area contributed by atoms with E-state index in [-0.39, 0.29) is 5.56 Å². The van der Waals surface area contributed by atoms with Crippen LogP contribution in [0.1, 0.15) is 18.7 Å². The molecule has 9 heteroatoms. The zero-order valence-corrected chi connectivity index (χ0v) is 10.8. The fourth-order valence-corrected chi connectivity index (χ4v) is 2.09. The Hall–Kier alpha value is -1.55. The second-order valence-corrected chi connectivity index (χ2v) is 4.84. The Morgan fingerprint density at radius 2 is 2.15 bits per heavy atom. The number of nitrogens with one attached hydrogen (secondary N) is 1. The van der Waals surface area contributed by atoms with Gasteiger partial charge in [0.1, 0.15) is 12.2 Å². The molecule has 2 rings (SSSR count). The maximum atomic E-state index is 14.2. The molecular formula is C11H15FN2O6. The average molecular weight is 290 g/mol. The first-order valence-corrected chi connectivity index (χ1v) is 5.91. The van der Waals surface area contributed by atoms with Gasteiger partial charge in [-0.25, -0.2) is 9.18 Å². The lowest BCUT2D eigenvalue weighted by molar-refractivity contribution is -0.197. The second kappa shape index (κ2) is 4.77. The van der Waals surface area contributed by atoms with Crippen molar-refractivity contribution >= 4 is 0 Å². The van der Waals surface area contributed by atoms with Gasteiger partial charge in [0.25, 0.3) is 11.4 Å². The van der Waals surface area contributed by atoms with Gasteiger partial charge >= 0.3 is 5.69 Å². The Kier molecular flexibility index (Phi) is 3.54.